The maximum atomic E-state index is 12.4. The number of benzene rings is 1. The summed E-state index contributed by atoms with van der Waals surface area (Å²) >= 11 is 0. The quantitative estimate of drug-likeness (QED) is 0.848. The van der Waals surface area contributed by atoms with Crippen LogP contribution in [0.25, 0.3) is 0 Å². The minimum absolute atomic E-state index is 0.260. The lowest BCUT2D eigenvalue weighted by atomic mass is 9.76. The molecule has 1 aromatic carbocycles. The van der Waals surface area contributed by atoms with E-state index in [1.54, 1.807) is 12.1 Å². The van der Waals surface area contributed by atoms with Crippen molar-refractivity contribution < 1.29 is 14.6 Å². The molecule has 0 heterocycles. The van der Waals surface area contributed by atoms with Crippen LogP contribution in [0.15, 0.2) is 30.3 Å². The summed E-state index contributed by atoms with van der Waals surface area (Å²) in [6, 6.07) is 9.03. The number of carbonyl (C=O) groups is 1. The zero-order valence-electron chi connectivity index (χ0n) is 13.9. The van der Waals surface area contributed by atoms with E-state index in [4.69, 9.17) is 4.74 Å². The first kappa shape index (κ1) is 17.0. The molecule has 0 saturated heterocycles. The van der Waals surface area contributed by atoms with Crippen LogP contribution in [0.4, 0.5) is 0 Å². The summed E-state index contributed by atoms with van der Waals surface area (Å²) in [5.41, 5.74) is 0.239. The summed E-state index contributed by atoms with van der Waals surface area (Å²) in [5.74, 6) is -0.0740. The predicted octanol–water partition coefficient (Wildman–Crippen LogP) is 4.20. The molecule has 2 rings (SSSR count). The molecule has 2 atom stereocenters. The summed E-state index contributed by atoms with van der Waals surface area (Å²) in [7, 11) is 0. The highest BCUT2D eigenvalue weighted by atomic mass is 16.6. The Morgan fingerprint density at radius 3 is 2.27 bits per heavy atom. The summed E-state index contributed by atoms with van der Waals surface area (Å²) in [6.45, 7) is 5.97. The number of ether oxygens (including phenoxy) is 1. The molecule has 0 amide bonds. The van der Waals surface area contributed by atoms with Crippen LogP contribution in [0.2, 0.25) is 0 Å². The molecular formula is C19H28O3. The Morgan fingerprint density at radius 2 is 1.73 bits per heavy atom. The van der Waals surface area contributed by atoms with Crippen molar-refractivity contribution in [2.75, 3.05) is 0 Å². The van der Waals surface area contributed by atoms with Crippen molar-refractivity contribution >= 4 is 5.97 Å². The fourth-order valence-electron chi connectivity index (χ4n) is 3.14. The molecule has 1 fully saturated rings. The maximum absolute atomic E-state index is 12.4. The zero-order chi connectivity index (χ0) is 16.2. The second-order valence-corrected chi connectivity index (χ2v) is 7.44. The Balaban J connectivity index is 2.15. The van der Waals surface area contributed by atoms with Crippen LogP contribution in [-0.2, 0) is 4.74 Å². The summed E-state index contributed by atoms with van der Waals surface area (Å²) in [5, 5.41) is 10.7. The van der Waals surface area contributed by atoms with Crippen molar-refractivity contribution in [2.45, 2.75) is 65.1 Å². The van der Waals surface area contributed by atoms with Gasteiger partial charge < -0.3 is 9.84 Å². The van der Waals surface area contributed by atoms with Gasteiger partial charge in [0, 0.05) is 0 Å². The average molecular weight is 304 g/mol. The highest BCUT2D eigenvalue weighted by molar-refractivity contribution is 5.89. The second-order valence-electron chi connectivity index (χ2n) is 7.44. The van der Waals surface area contributed by atoms with Gasteiger partial charge in [-0.05, 0) is 36.3 Å². The van der Waals surface area contributed by atoms with E-state index in [-0.39, 0.29) is 17.3 Å². The van der Waals surface area contributed by atoms with Gasteiger partial charge in [-0.2, -0.15) is 0 Å². The smallest absolute Gasteiger partial charge is 0.338 e. The number of hydrogen-bond donors (Lipinski definition) is 1. The topological polar surface area (TPSA) is 46.5 Å². The van der Waals surface area contributed by atoms with Crippen LogP contribution in [0.1, 0.15) is 63.2 Å². The lowest BCUT2D eigenvalue weighted by Gasteiger charge is -2.38. The molecule has 1 aromatic rings. The average Bonchev–Trinajstić information content (AvgIpc) is 2.52. The van der Waals surface area contributed by atoms with Crippen molar-refractivity contribution in [3.8, 4) is 0 Å². The van der Waals surface area contributed by atoms with E-state index in [9.17, 15) is 9.90 Å². The Bertz CT molecular complexity index is 469. The first-order valence-electron chi connectivity index (χ1n) is 8.33. The maximum Gasteiger partial charge on any atom is 0.338 e. The van der Waals surface area contributed by atoms with Crippen molar-refractivity contribution in [3.05, 3.63) is 35.9 Å². The summed E-state index contributed by atoms with van der Waals surface area (Å²) in [6.07, 6.45) is 4.53. The van der Waals surface area contributed by atoms with E-state index in [2.05, 4.69) is 0 Å². The predicted molar refractivity (Wildman–Crippen MR) is 87.7 cm³/mol. The van der Waals surface area contributed by atoms with E-state index in [1.165, 1.54) is 6.42 Å². The summed E-state index contributed by atoms with van der Waals surface area (Å²) in [4.78, 5) is 12.4. The van der Waals surface area contributed by atoms with E-state index < -0.39 is 12.2 Å². The second kappa shape index (κ2) is 7.28. The van der Waals surface area contributed by atoms with Gasteiger partial charge in [0.25, 0.3) is 0 Å². The van der Waals surface area contributed by atoms with E-state index >= 15 is 0 Å². The van der Waals surface area contributed by atoms with Gasteiger partial charge in [0.05, 0.1) is 11.7 Å². The highest BCUT2D eigenvalue weighted by Gasteiger charge is 2.38. The number of carbonyl (C=O) groups excluding carboxylic acids is 1. The number of esters is 1. The zero-order valence-corrected chi connectivity index (χ0v) is 13.9. The molecule has 122 valence electrons. The minimum Gasteiger partial charge on any atom is -0.456 e. The Morgan fingerprint density at radius 1 is 1.14 bits per heavy atom. The van der Waals surface area contributed by atoms with E-state index in [0.29, 0.717) is 5.56 Å². The normalized spacial score (nSPS) is 19.5. The van der Waals surface area contributed by atoms with Gasteiger partial charge in [-0.25, -0.2) is 4.79 Å². The highest BCUT2D eigenvalue weighted by Crippen LogP contribution is 2.35. The van der Waals surface area contributed by atoms with Crippen LogP contribution in [-0.4, -0.2) is 23.3 Å². The SMILES string of the molecule is CC(C)(C)[C@H](O)[C@@H](OC(=O)c1ccccc1)C1CCCCC1. The van der Waals surface area contributed by atoms with Crippen molar-refractivity contribution in [3.63, 3.8) is 0 Å². The Kier molecular flexibility index (Phi) is 5.63. The number of aliphatic hydroxyl groups excluding tert-OH is 1. The first-order chi connectivity index (χ1) is 10.4. The molecule has 0 spiro atoms. The first-order valence-corrected chi connectivity index (χ1v) is 8.33. The lowest BCUT2D eigenvalue weighted by molar-refractivity contribution is -0.0881. The van der Waals surface area contributed by atoms with Crippen LogP contribution in [0.5, 0.6) is 0 Å². The fraction of sp³-hybridized carbons (Fsp3) is 0.632. The Labute approximate surface area is 133 Å². The number of aliphatic hydroxyl groups is 1. The molecule has 3 nitrogen and oxygen atoms in total. The van der Waals surface area contributed by atoms with Crippen LogP contribution in [0.3, 0.4) is 0 Å². The number of rotatable bonds is 4. The molecule has 22 heavy (non-hydrogen) atoms. The molecule has 1 saturated carbocycles. The minimum atomic E-state index is -0.650. The third kappa shape index (κ3) is 4.33. The fourth-order valence-corrected chi connectivity index (χ4v) is 3.14. The largest absolute Gasteiger partial charge is 0.456 e. The number of hydrogen-bond acceptors (Lipinski definition) is 3. The van der Waals surface area contributed by atoms with Crippen LogP contribution in [0, 0.1) is 11.3 Å². The van der Waals surface area contributed by atoms with E-state index in [0.717, 1.165) is 25.7 Å². The lowest BCUT2D eigenvalue weighted by Crippen LogP contribution is -2.45. The van der Waals surface area contributed by atoms with Crippen molar-refractivity contribution in [1.82, 2.24) is 0 Å². The molecule has 0 aliphatic heterocycles. The molecular weight excluding hydrogens is 276 g/mol. The molecule has 0 unspecified atom stereocenters. The monoisotopic (exact) mass is 304 g/mol. The van der Waals surface area contributed by atoms with E-state index in [1.807, 2.05) is 39.0 Å². The molecule has 1 aliphatic carbocycles. The van der Waals surface area contributed by atoms with Gasteiger partial charge >= 0.3 is 5.97 Å². The molecule has 0 radical (unpaired) electrons. The van der Waals surface area contributed by atoms with Gasteiger partial charge in [0.15, 0.2) is 0 Å². The van der Waals surface area contributed by atoms with Gasteiger partial charge in [-0.3, -0.25) is 0 Å². The third-order valence-electron chi connectivity index (χ3n) is 4.57. The van der Waals surface area contributed by atoms with Gasteiger partial charge in [-0.1, -0.05) is 58.2 Å². The Hall–Kier alpha value is -1.35. The molecule has 3 heteroatoms. The van der Waals surface area contributed by atoms with Gasteiger partial charge in [0.1, 0.15) is 6.10 Å². The molecule has 0 bridgehead atoms. The molecule has 0 aromatic heterocycles. The van der Waals surface area contributed by atoms with Gasteiger partial charge in [0.2, 0.25) is 0 Å². The van der Waals surface area contributed by atoms with Crippen LogP contribution >= 0.6 is 0 Å². The van der Waals surface area contributed by atoms with Crippen molar-refractivity contribution in [2.24, 2.45) is 11.3 Å². The summed E-state index contributed by atoms with van der Waals surface area (Å²) < 4.78 is 5.78. The third-order valence-corrected chi connectivity index (χ3v) is 4.57. The standard InChI is InChI=1S/C19H28O3/c1-19(2,3)17(20)16(14-10-6-4-7-11-14)22-18(21)15-12-8-5-9-13-15/h5,8-9,12-14,16-17,20H,4,6-7,10-11H2,1-3H3/t16-,17+/m0/s1. The molecule has 1 aliphatic rings. The van der Waals surface area contributed by atoms with Crippen LogP contribution < -0.4 is 0 Å². The van der Waals surface area contributed by atoms with Crippen molar-refractivity contribution in [1.29, 1.82) is 0 Å². The van der Waals surface area contributed by atoms with Gasteiger partial charge in [-0.15, -0.1) is 0 Å². The molecule has 1 N–H and O–H groups in total.